The second-order valence-corrected chi connectivity index (χ2v) is 4.27. The van der Waals surface area contributed by atoms with Crippen molar-refractivity contribution in [3.05, 3.63) is 0 Å². The van der Waals surface area contributed by atoms with Gasteiger partial charge in [-0.3, -0.25) is 9.69 Å². The molecule has 0 radical (unpaired) electrons. The van der Waals surface area contributed by atoms with E-state index >= 15 is 0 Å². The summed E-state index contributed by atoms with van der Waals surface area (Å²) < 4.78 is 4.98. The van der Waals surface area contributed by atoms with Gasteiger partial charge in [0, 0.05) is 20.2 Å². The first-order chi connectivity index (χ1) is 7.22. The molecule has 1 fully saturated rings. The van der Waals surface area contributed by atoms with Crippen LogP contribution in [0.2, 0.25) is 0 Å². The van der Waals surface area contributed by atoms with Crippen molar-refractivity contribution in [1.82, 2.24) is 4.90 Å². The maximum Gasteiger partial charge on any atom is 0.317 e. The quantitative estimate of drug-likeness (QED) is 0.693. The van der Waals surface area contributed by atoms with Crippen LogP contribution < -0.4 is 0 Å². The van der Waals surface area contributed by atoms with Gasteiger partial charge in [-0.2, -0.15) is 0 Å². The van der Waals surface area contributed by atoms with Gasteiger partial charge >= 0.3 is 5.97 Å². The topological polar surface area (TPSA) is 49.8 Å². The van der Waals surface area contributed by atoms with Gasteiger partial charge in [0.2, 0.25) is 0 Å². The van der Waals surface area contributed by atoms with E-state index in [1.54, 1.807) is 7.11 Å². The van der Waals surface area contributed by atoms with Gasteiger partial charge in [0.25, 0.3) is 0 Å². The molecule has 0 bridgehead atoms. The van der Waals surface area contributed by atoms with Crippen LogP contribution in [0.15, 0.2) is 0 Å². The van der Waals surface area contributed by atoms with Crippen molar-refractivity contribution in [3.8, 4) is 0 Å². The van der Waals surface area contributed by atoms with Gasteiger partial charge < -0.3 is 9.84 Å². The minimum atomic E-state index is -0.746. The molecular formula is C11H21NO3. The molecule has 0 aromatic rings. The molecule has 1 N–H and O–H groups in total. The third-order valence-corrected chi connectivity index (χ3v) is 2.96. The number of rotatable bonds is 7. The molecule has 1 aliphatic rings. The molecule has 88 valence electrons. The third kappa shape index (κ3) is 5.14. The molecule has 0 heterocycles. The molecule has 0 saturated heterocycles. The van der Waals surface area contributed by atoms with Crippen LogP contribution >= 0.6 is 0 Å². The normalized spacial score (nSPS) is 17.5. The lowest BCUT2D eigenvalue weighted by Gasteiger charge is -2.23. The lowest BCUT2D eigenvalue weighted by atomic mass is 10.1. The van der Waals surface area contributed by atoms with Gasteiger partial charge in [-0.15, -0.1) is 0 Å². The average Bonchev–Trinajstić information content (AvgIpc) is 2.66. The zero-order chi connectivity index (χ0) is 11.1. The molecule has 4 nitrogen and oxygen atoms in total. The minimum absolute atomic E-state index is 0.139. The van der Waals surface area contributed by atoms with Crippen molar-refractivity contribution in [2.24, 2.45) is 5.92 Å². The number of methoxy groups -OCH3 is 1. The summed E-state index contributed by atoms with van der Waals surface area (Å²) in [4.78, 5) is 12.7. The molecule has 1 aliphatic carbocycles. The fourth-order valence-corrected chi connectivity index (χ4v) is 2.20. The number of hydrogen-bond donors (Lipinski definition) is 1. The van der Waals surface area contributed by atoms with Crippen molar-refractivity contribution in [3.63, 3.8) is 0 Å². The van der Waals surface area contributed by atoms with E-state index in [2.05, 4.69) is 0 Å². The Bertz CT molecular complexity index is 190. The zero-order valence-electron chi connectivity index (χ0n) is 9.45. The highest BCUT2D eigenvalue weighted by Gasteiger charge is 2.19. The Morgan fingerprint density at radius 3 is 2.67 bits per heavy atom. The zero-order valence-corrected chi connectivity index (χ0v) is 9.45. The van der Waals surface area contributed by atoms with Gasteiger partial charge in [-0.05, 0) is 18.8 Å². The van der Waals surface area contributed by atoms with Gasteiger partial charge in [0.1, 0.15) is 0 Å². The van der Waals surface area contributed by atoms with Crippen LogP contribution in [-0.4, -0.2) is 49.3 Å². The predicted molar refractivity (Wildman–Crippen MR) is 57.9 cm³/mol. The number of carboxylic acid groups (broad SMARTS) is 1. The van der Waals surface area contributed by atoms with E-state index in [1.165, 1.54) is 25.7 Å². The summed E-state index contributed by atoms with van der Waals surface area (Å²) in [6.45, 7) is 2.38. The highest BCUT2D eigenvalue weighted by molar-refractivity contribution is 5.69. The average molecular weight is 215 g/mol. The SMILES string of the molecule is COCCN(CC(=O)O)CC1CCCC1. The first-order valence-electron chi connectivity index (χ1n) is 5.65. The molecule has 1 rings (SSSR count). The first kappa shape index (κ1) is 12.5. The van der Waals surface area contributed by atoms with Crippen molar-refractivity contribution in [2.75, 3.05) is 33.4 Å². The van der Waals surface area contributed by atoms with Gasteiger partial charge in [-0.25, -0.2) is 0 Å². The third-order valence-electron chi connectivity index (χ3n) is 2.96. The van der Waals surface area contributed by atoms with Crippen molar-refractivity contribution < 1.29 is 14.6 Å². The van der Waals surface area contributed by atoms with Crippen LogP contribution in [0.1, 0.15) is 25.7 Å². The van der Waals surface area contributed by atoms with E-state index < -0.39 is 5.97 Å². The number of nitrogens with zero attached hydrogens (tertiary/aromatic N) is 1. The molecule has 0 unspecified atom stereocenters. The van der Waals surface area contributed by atoms with Crippen LogP contribution in [0.25, 0.3) is 0 Å². The summed E-state index contributed by atoms with van der Waals surface area (Å²) in [6.07, 6.45) is 5.11. The van der Waals surface area contributed by atoms with E-state index in [4.69, 9.17) is 9.84 Å². The van der Waals surface area contributed by atoms with Crippen molar-refractivity contribution in [1.29, 1.82) is 0 Å². The van der Waals surface area contributed by atoms with Crippen LogP contribution in [0.5, 0.6) is 0 Å². The molecule has 15 heavy (non-hydrogen) atoms. The van der Waals surface area contributed by atoms with Crippen molar-refractivity contribution >= 4 is 5.97 Å². The maximum absolute atomic E-state index is 10.7. The van der Waals surface area contributed by atoms with Crippen LogP contribution in [0.3, 0.4) is 0 Å². The summed E-state index contributed by atoms with van der Waals surface area (Å²) in [6, 6.07) is 0. The van der Waals surface area contributed by atoms with E-state index in [-0.39, 0.29) is 6.54 Å². The Balaban J connectivity index is 2.29. The number of aliphatic carboxylic acids is 1. The van der Waals surface area contributed by atoms with Gasteiger partial charge in [-0.1, -0.05) is 12.8 Å². The summed E-state index contributed by atoms with van der Waals surface area (Å²) in [5.74, 6) is -0.0506. The molecule has 0 aliphatic heterocycles. The molecule has 0 aromatic heterocycles. The number of carbonyl (C=O) groups is 1. The van der Waals surface area contributed by atoms with Crippen LogP contribution in [0.4, 0.5) is 0 Å². The maximum atomic E-state index is 10.7. The molecule has 4 heteroatoms. The number of carboxylic acids is 1. The summed E-state index contributed by atoms with van der Waals surface area (Å²) >= 11 is 0. The second-order valence-electron chi connectivity index (χ2n) is 4.27. The summed E-state index contributed by atoms with van der Waals surface area (Å²) in [5.41, 5.74) is 0. The highest BCUT2D eigenvalue weighted by atomic mass is 16.5. The first-order valence-corrected chi connectivity index (χ1v) is 5.65. The smallest absolute Gasteiger partial charge is 0.317 e. The van der Waals surface area contributed by atoms with Gasteiger partial charge in [0.05, 0.1) is 13.2 Å². The lowest BCUT2D eigenvalue weighted by Crippen LogP contribution is -2.36. The fourth-order valence-electron chi connectivity index (χ4n) is 2.20. The monoisotopic (exact) mass is 215 g/mol. The largest absolute Gasteiger partial charge is 0.480 e. The highest BCUT2D eigenvalue weighted by Crippen LogP contribution is 2.25. The fraction of sp³-hybridized carbons (Fsp3) is 0.909. The van der Waals surface area contributed by atoms with Crippen molar-refractivity contribution in [2.45, 2.75) is 25.7 Å². The minimum Gasteiger partial charge on any atom is -0.480 e. The molecule has 1 saturated carbocycles. The molecule has 0 aromatic carbocycles. The molecule has 0 atom stereocenters. The lowest BCUT2D eigenvalue weighted by molar-refractivity contribution is -0.138. The number of hydrogen-bond acceptors (Lipinski definition) is 3. The van der Waals surface area contributed by atoms with E-state index in [0.29, 0.717) is 12.5 Å². The summed E-state index contributed by atoms with van der Waals surface area (Å²) in [7, 11) is 1.65. The van der Waals surface area contributed by atoms with E-state index in [0.717, 1.165) is 13.1 Å². The van der Waals surface area contributed by atoms with E-state index in [1.807, 2.05) is 4.90 Å². The molecule has 0 amide bonds. The predicted octanol–water partition coefficient (Wildman–Crippen LogP) is 1.21. The Labute approximate surface area is 91.2 Å². The van der Waals surface area contributed by atoms with Crippen LogP contribution in [0, 0.1) is 5.92 Å². The van der Waals surface area contributed by atoms with E-state index in [9.17, 15) is 4.79 Å². The Morgan fingerprint density at radius 2 is 2.13 bits per heavy atom. The Hall–Kier alpha value is -0.610. The molecular weight excluding hydrogens is 194 g/mol. The standard InChI is InChI=1S/C11H21NO3/c1-15-7-6-12(9-11(13)14)8-10-4-2-3-5-10/h10H,2-9H2,1H3,(H,13,14). The van der Waals surface area contributed by atoms with Gasteiger partial charge in [0.15, 0.2) is 0 Å². The number of ether oxygens (including phenoxy) is 1. The molecule has 0 spiro atoms. The van der Waals surface area contributed by atoms with Crippen LogP contribution in [-0.2, 0) is 9.53 Å². The Kier molecular flexibility index (Phi) is 5.65. The second kappa shape index (κ2) is 6.80. The Morgan fingerprint density at radius 1 is 1.47 bits per heavy atom. The summed E-state index contributed by atoms with van der Waals surface area (Å²) in [5, 5.41) is 8.77.